The summed E-state index contributed by atoms with van der Waals surface area (Å²) >= 11 is 6.08. The van der Waals surface area contributed by atoms with Crippen LogP contribution in [-0.4, -0.2) is 20.7 Å². The first-order valence-electron chi connectivity index (χ1n) is 9.21. The molecule has 0 saturated carbocycles. The van der Waals surface area contributed by atoms with E-state index in [9.17, 15) is 4.79 Å². The lowest BCUT2D eigenvalue weighted by molar-refractivity contribution is -0.119. The number of fused-ring (bicyclic) bond motifs is 1. The number of anilines is 1. The molecule has 0 spiro atoms. The number of hydrogen-bond acceptors (Lipinski definition) is 3. The minimum absolute atomic E-state index is 0.0232. The molecule has 0 bridgehead atoms. The first-order valence-corrected chi connectivity index (χ1v) is 9.58. The summed E-state index contributed by atoms with van der Waals surface area (Å²) in [5.41, 5.74) is 2.21. The Balaban J connectivity index is 1.82. The highest BCUT2D eigenvalue weighted by molar-refractivity contribution is 6.30. The van der Waals surface area contributed by atoms with E-state index in [1.54, 1.807) is 4.90 Å². The molecule has 5 nitrogen and oxygen atoms in total. The molecule has 0 unspecified atom stereocenters. The van der Waals surface area contributed by atoms with Crippen molar-refractivity contribution in [2.45, 2.75) is 38.3 Å². The fourth-order valence-corrected chi connectivity index (χ4v) is 3.86. The number of aromatic nitrogens is 3. The maximum atomic E-state index is 13.0. The van der Waals surface area contributed by atoms with Crippen LogP contribution in [0.3, 0.4) is 0 Å². The third-order valence-electron chi connectivity index (χ3n) is 4.99. The number of carbonyl (C=O) groups is 1. The van der Waals surface area contributed by atoms with Crippen LogP contribution in [0.4, 0.5) is 5.95 Å². The molecule has 0 saturated heterocycles. The summed E-state index contributed by atoms with van der Waals surface area (Å²) in [6.07, 6.45) is 3.53. The topological polar surface area (TPSA) is 51.0 Å². The molecule has 4 rings (SSSR count). The minimum atomic E-state index is -0.108. The lowest BCUT2D eigenvalue weighted by atomic mass is 9.91. The van der Waals surface area contributed by atoms with Crippen molar-refractivity contribution in [1.29, 1.82) is 0 Å². The number of rotatable bonds is 4. The molecule has 0 aliphatic carbocycles. The van der Waals surface area contributed by atoms with Gasteiger partial charge in [-0.25, -0.2) is 4.68 Å². The average molecular weight is 381 g/mol. The largest absolute Gasteiger partial charge is 0.274 e. The van der Waals surface area contributed by atoms with Gasteiger partial charge in [-0.15, -0.1) is 0 Å². The summed E-state index contributed by atoms with van der Waals surface area (Å²) < 4.78 is 1.87. The molecule has 3 aromatic rings. The Kier molecular flexibility index (Phi) is 4.94. The zero-order valence-corrected chi connectivity index (χ0v) is 15.9. The molecule has 1 aliphatic heterocycles. The molecule has 1 amide bonds. The maximum Gasteiger partial charge on any atom is 0.231 e. The van der Waals surface area contributed by atoms with Crippen LogP contribution in [0.5, 0.6) is 0 Å². The molecular weight excluding hydrogens is 360 g/mol. The van der Waals surface area contributed by atoms with Crippen molar-refractivity contribution < 1.29 is 4.79 Å². The third kappa shape index (κ3) is 3.35. The van der Waals surface area contributed by atoms with E-state index in [-0.39, 0.29) is 18.0 Å². The van der Waals surface area contributed by atoms with E-state index in [2.05, 4.69) is 22.2 Å². The van der Waals surface area contributed by atoms with E-state index in [0.29, 0.717) is 17.4 Å². The average Bonchev–Trinajstić information content (AvgIpc) is 3.18. The lowest BCUT2D eigenvalue weighted by Crippen LogP contribution is -2.42. The zero-order chi connectivity index (χ0) is 18.8. The first-order chi connectivity index (χ1) is 13.2. The second kappa shape index (κ2) is 7.53. The summed E-state index contributed by atoms with van der Waals surface area (Å²) in [5, 5.41) is 5.12. The first kappa shape index (κ1) is 17.7. The molecule has 0 N–H and O–H groups in total. The standard InChI is InChI=1S/C21H21ClN4O/c1-2-6-20(27)25-18(16-9-11-17(22)12-10-16)13-19(15-7-4-3-5-8-15)26-21(25)23-14-24-26/h3-5,7-12,14,18-19H,2,6,13H2,1H3/t18-,19+/m0/s1. The van der Waals surface area contributed by atoms with Gasteiger partial charge in [-0.3, -0.25) is 9.69 Å². The van der Waals surface area contributed by atoms with Crippen molar-refractivity contribution in [2.75, 3.05) is 4.90 Å². The fraction of sp³-hybridized carbons (Fsp3) is 0.286. The minimum Gasteiger partial charge on any atom is -0.274 e. The highest BCUT2D eigenvalue weighted by atomic mass is 35.5. The summed E-state index contributed by atoms with van der Waals surface area (Å²) in [6.45, 7) is 2.01. The quantitative estimate of drug-likeness (QED) is 0.653. The Hall–Kier alpha value is -2.66. The van der Waals surface area contributed by atoms with Crippen LogP contribution in [0.15, 0.2) is 60.9 Å². The van der Waals surface area contributed by atoms with E-state index >= 15 is 0 Å². The summed E-state index contributed by atoms with van der Waals surface area (Å²) in [5.74, 6) is 0.673. The third-order valence-corrected chi connectivity index (χ3v) is 5.25. The van der Waals surface area contributed by atoms with Gasteiger partial charge in [-0.05, 0) is 36.1 Å². The van der Waals surface area contributed by atoms with E-state index in [4.69, 9.17) is 11.6 Å². The molecule has 2 heterocycles. The molecule has 1 aliphatic rings. The number of carbonyl (C=O) groups excluding carboxylic acids is 1. The molecule has 1 aromatic heterocycles. The summed E-state index contributed by atoms with van der Waals surface area (Å²) in [7, 11) is 0. The van der Waals surface area contributed by atoms with E-state index in [1.807, 2.05) is 54.1 Å². The Morgan fingerprint density at radius 3 is 2.48 bits per heavy atom. The predicted molar refractivity (Wildman–Crippen MR) is 106 cm³/mol. The normalized spacial score (nSPS) is 19.0. The highest BCUT2D eigenvalue weighted by Crippen LogP contribution is 2.42. The molecule has 6 heteroatoms. The second-order valence-electron chi connectivity index (χ2n) is 6.75. The van der Waals surface area contributed by atoms with Crippen molar-refractivity contribution in [3.05, 3.63) is 77.1 Å². The van der Waals surface area contributed by atoms with Crippen LogP contribution in [0, 0.1) is 0 Å². The van der Waals surface area contributed by atoms with Crippen LogP contribution in [-0.2, 0) is 4.79 Å². The van der Waals surface area contributed by atoms with Crippen LogP contribution in [0.1, 0.15) is 49.4 Å². The van der Waals surface area contributed by atoms with Crippen molar-refractivity contribution in [3.8, 4) is 0 Å². The van der Waals surface area contributed by atoms with E-state index in [0.717, 1.165) is 24.0 Å². The fourth-order valence-electron chi connectivity index (χ4n) is 3.73. The van der Waals surface area contributed by atoms with Gasteiger partial charge in [0.25, 0.3) is 0 Å². The number of hydrogen-bond donors (Lipinski definition) is 0. The molecule has 138 valence electrons. The number of halogens is 1. The van der Waals surface area contributed by atoms with Gasteiger partial charge in [-0.1, -0.05) is 61.0 Å². The van der Waals surface area contributed by atoms with E-state index < -0.39 is 0 Å². The van der Waals surface area contributed by atoms with Crippen LogP contribution < -0.4 is 4.90 Å². The van der Waals surface area contributed by atoms with Gasteiger partial charge in [-0.2, -0.15) is 10.1 Å². The Bertz CT molecular complexity index is 923. The molecule has 2 atom stereocenters. The molecular formula is C21H21ClN4O. The monoisotopic (exact) mass is 380 g/mol. The summed E-state index contributed by atoms with van der Waals surface area (Å²) in [6, 6.07) is 17.9. The van der Waals surface area contributed by atoms with Crippen molar-refractivity contribution in [2.24, 2.45) is 0 Å². The van der Waals surface area contributed by atoms with Gasteiger partial charge in [0, 0.05) is 11.4 Å². The maximum absolute atomic E-state index is 13.0. The van der Waals surface area contributed by atoms with Crippen molar-refractivity contribution in [1.82, 2.24) is 14.8 Å². The van der Waals surface area contributed by atoms with Gasteiger partial charge in [0.05, 0.1) is 12.1 Å². The Morgan fingerprint density at radius 2 is 1.78 bits per heavy atom. The number of benzene rings is 2. The van der Waals surface area contributed by atoms with Crippen LogP contribution >= 0.6 is 11.6 Å². The van der Waals surface area contributed by atoms with Gasteiger partial charge in [0.15, 0.2) is 0 Å². The zero-order valence-electron chi connectivity index (χ0n) is 15.1. The number of nitrogens with zero attached hydrogens (tertiary/aromatic N) is 4. The van der Waals surface area contributed by atoms with Crippen LogP contribution in [0.2, 0.25) is 5.02 Å². The summed E-state index contributed by atoms with van der Waals surface area (Å²) in [4.78, 5) is 19.2. The number of amides is 1. The van der Waals surface area contributed by atoms with Gasteiger partial charge in [0.2, 0.25) is 11.9 Å². The van der Waals surface area contributed by atoms with E-state index in [1.165, 1.54) is 6.33 Å². The Morgan fingerprint density at radius 1 is 1.07 bits per heavy atom. The highest BCUT2D eigenvalue weighted by Gasteiger charge is 2.38. The molecule has 27 heavy (non-hydrogen) atoms. The molecule has 0 radical (unpaired) electrons. The van der Waals surface area contributed by atoms with Crippen LogP contribution in [0.25, 0.3) is 0 Å². The van der Waals surface area contributed by atoms with Gasteiger partial charge in [0.1, 0.15) is 6.33 Å². The molecule has 2 aromatic carbocycles. The van der Waals surface area contributed by atoms with Crippen molar-refractivity contribution in [3.63, 3.8) is 0 Å². The predicted octanol–water partition coefficient (Wildman–Crippen LogP) is 4.80. The molecule has 0 fully saturated rings. The van der Waals surface area contributed by atoms with Gasteiger partial charge >= 0.3 is 0 Å². The SMILES string of the molecule is CCCC(=O)N1c2ncnn2[C@@H](c2ccccc2)C[C@H]1c1ccc(Cl)cc1. The Labute approximate surface area is 163 Å². The smallest absolute Gasteiger partial charge is 0.231 e. The lowest BCUT2D eigenvalue weighted by Gasteiger charge is -2.39. The van der Waals surface area contributed by atoms with Gasteiger partial charge < -0.3 is 0 Å². The van der Waals surface area contributed by atoms with Crippen molar-refractivity contribution >= 4 is 23.5 Å². The second-order valence-corrected chi connectivity index (χ2v) is 7.18.